The Morgan fingerprint density at radius 2 is 1.93 bits per heavy atom. The van der Waals surface area contributed by atoms with Crippen LogP contribution < -0.4 is 10.1 Å². The third kappa shape index (κ3) is 4.17. The number of rotatable bonds is 4. The van der Waals surface area contributed by atoms with Crippen molar-refractivity contribution in [3.63, 3.8) is 0 Å². The number of carbonyl (C=O) groups is 1. The first-order chi connectivity index (χ1) is 13.7. The van der Waals surface area contributed by atoms with Gasteiger partial charge >= 0.3 is 6.03 Å². The average molecular weight is 376 g/mol. The van der Waals surface area contributed by atoms with Crippen molar-refractivity contribution in [2.24, 2.45) is 0 Å². The topological polar surface area (TPSA) is 59.4 Å². The van der Waals surface area contributed by atoms with Crippen molar-refractivity contribution in [1.29, 1.82) is 0 Å². The SMILES string of the molecule is Cc1cc(NC(=O)N2CCC(n3cccc3)CC2)ccc1Oc1cccnc1. The molecule has 1 saturated heterocycles. The molecule has 1 aliphatic rings. The van der Waals surface area contributed by atoms with Crippen molar-refractivity contribution in [2.75, 3.05) is 18.4 Å². The highest BCUT2D eigenvalue weighted by molar-refractivity contribution is 5.89. The number of urea groups is 1. The second-order valence-electron chi connectivity index (χ2n) is 7.05. The van der Waals surface area contributed by atoms with E-state index in [0.29, 0.717) is 11.8 Å². The van der Waals surface area contributed by atoms with Crippen LogP contribution in [0.4, 0.5) is 10.5 Å². The number of carbonyl (C=O) groups excluding carboxylic acids is 1. The highest BCUT2D eigenvalue weighted by Crippen LogP contribution is 2.27. The number of amides is 2. The fourth-order valence-electron chi connectivity index (χ4n) is 3.54. The summed E-state index contributed by atoms with van der Waals surface area (Å²) in [5, 5.41) is 3.01. The van der Waals surface area contributed by atoms with Crippen LogP contribution >= 0.6 is 0 Å². The van der Waals surface area contributed by atoms with Crippen LogP contribution in [0.1, 0.15) is 24.4 Å². The molecule has 0 unspecified atom stereocenters. The molecule has 4 rings (SSSR count). The molecule has 6 heteroatoms. The Morgan fingerprint density at radius 3 is 2.61 bits per heavy atom. The third-order valence-corrected chi connectivity index (χ3v) is 5.09. The number of pyridine rings is 1. The van der Waals surface area contributed by atoms with Gasteiger partial charge in [0.15, 0.2) is 0 Å². The lowest BCUT2D eigenvalue weighted by atomic mass is 10.1. The van der Waals surface area contributed by atoms with E-state index < -0.39 is 0 Å². The number of ether oxygens (including phenoxy) is 1. The Balaban J connectivity index is 1.34. The molecule has 2 amide bonds. The summed E-state index contributed by atoms with van der Waals surface area (Å²) in [7, 11) is 0. The molecule has 0 spiro atoms. The average Bonchev–Trinajstić information content (AvgIpc) is 3.26. The minimum absolute atomic E-state index is 0.0497. The predicted octanol–water partition coefficient (Wildman–Crippen LogP) is 4.85. The number of aromatic nitrogens is 2. The summed E-state index contributed by atoms with van der Waals surface area (Å²) in [6, 6.07) is 13.9. The van der Waals surface area contributed by atoms with E-state index in [0.717, 1.165) is 42.9 Å². The number of hydrogen-bond acceptors (Lipinski definition) is 3. The van der Waals surface area contributed by atoms with Gasteiger partial charge in [0.05, 0.1) is 6.20 Å². The highest BCUT2D eigenvalue weighted by Gasteiger charge is 2.23. The van der Waals surface area contributed by atoms with E-state index in [4.69, 9.17) is 4.74 Å². The quantitative estimate of drug-likeness (QED) is 0.708. The molecule has 0 bridgehead atoms. The first kappa shape index (κ1) is 18.1. The Hall–Kier alpha value is -3.28. The van der Waals surface area contributed by atoms with Gasteiger partial charge in [0.1, 0.15) is 11.5 Å². The maximum atomic E-state index is 12.6. The lowest BCUT2D eigenvalue weighted by Gasteiger charge is -2.32. The number of piperidine rings is 1. The van der Waals surface area contributed by atoms with E-state index in [2.05, 4.69) is 27.3 Å². The molecule has 1 fully saturated rings. The number of likely N-dealkylation sites (tertiary alicyclic amines) is 1. The van der Waals surface area contributed by atoms with Crippen LogP contribution in [0.5, 0.6) is 11.5 Å². The summed E-state index contributed by atoms with van der Waals surface area (Å²) in [5.41, 5.74) is 1.72. The van der Waals surface area contributed by atoms with Gasteiger partial charge in [0.25, 0.3) is 0 Å². The Morgan fingerprint density at radius 1 is 1.14 bits per heavy atom. The standard InChI is InChI=1S/C22H24N4O2/c1-17-15-18(6-7-21(17)28-20-5-4-10-23-16-20)24-22(27)26-13-8-19(9-14-26)25-11-2-3-12-25/h2-7,10-12,15-16,19H,8-9,13-14H2,1H3,(H,24,27). The van der Waals surface area contributed by atoms with Crippen LogP contribution in [0.25, 0.3) is 0 Å². The van der Waals surface area contributed by atoms with E-state index >= 15 is 0 Å². The minimum atomic E-state index is -0.0497. The zero-order valence-electron chi connectivity index (χ0n) is 15.9. The van der Waals surface area contributed by atoms with E-state index in [9.17, 15) is 4.79 Å². The zero-order valence-corrected chi connectivity index (χ0v) is 15.9. The maximum absolute atomic E-state index is 12.6. The molecule has 28 heavy (non-hydrogen) atoms. The monoisotopic (exact) mass is 376 g/mol. The zero-order chi connectivity index (χ0) is 19.3. The summed E-state index contributed by atoms with van der Waals surface area (Å²) in [5.74, 6) is 1.44. The number of anilines is 1. The highest BCUT2D eigenvalue weighted by atomic mass is 16.5. The molecule has 3 heterocycles. The van der Waals surface area contributed by atoms with E-state index in [1.807, 2.05) is 54.3 Å². The van der Waals surface area contributed by atoms with Crippen LogP contribution in [-0.4, -0.2) is 33.6 Å². The van der Waals surface area contributed by atoms with Crippen molar-refractivity contribution in [3.05, 3.63) is 72.8 Å². The molecule has 1 aromatic carbocycles. The smallest absolute Gasteiger partial charge is 0.321 e. The molecule has 3 aromatic rings. The number of hydrogen-bond donors (Lipinski definition) is 1. The van der Waals surface area contributed by atoms with Crippen molar-refractivity contribution in [1.82, 2.24) is 14.5 Å². The van der Waals surface area contributed by atoms with Crippen molar-refractivity contribution in [3.8, 4) is 11.5 Å². The van der Waals surface area contributed by atoms with Gasteiger partial charge in [-0.25, -0.2) is 4.79 Å². The lowest BCUT2D eigenvalue weighted by Crippen LogP contribution is -2.41. The molecule has 1 aliphatic heterocycles. The molecule has 144 valence electrons. The van der Waals surface area contributed by atoms with Gasteiger partial charge in [-0.1, -0.05) is 0 Å². The van der Waals surface area contributed by atoms with E-state index in [1.165, 1.54) is 0 Å². The molecule has 0 atom stereocenters. The summed E-state index contributed by atoms with van der Waals surface area (Å²) in [4.78, 5) is 18.6. The molecule has 6 nitrogen and oxygen atoms in total. The second-order valence-corrected chi connectivity index (χ2v) is 7.05. The Kier molecular flexibility index (Phi) is 5.28. The maximum Gasteiger partial charge on any atom is 0.321 e. The van der Waals surface area contributed by atoms with Crippen LogP contribution in [0, 0.1) is 6.92 Å². The molecule has 2 aromatic heterocycles. The van der Waals surface area contributed by atoms with Gasteiger partial charge < -0.3 is 19.5 Å². The van der Waals surface area contributed by atoms with Gasteiger partial charge in [0, 0.05) is 43.4 Å². The van der Waals surface area contributed by atoms with Gasteiger partial charge in [-0.3, -0.25) is 4.98 Å². The molecule has 1 N–H and O–H groups in total. The summed E-state index contributed by atoms with van der Waals surface area (Å²) >= 11 is 0. The van der Waals surface area contributed by atoms with Crippen LogP contribution in [-0.2, 0) is 0 Å². The largest absolute Gasteiger partial charge is 0.455 e. The fourth-order valence-corrected chi connectivity index (χ4v) is 3.54. The Labute approximate surface area is 164 Å². The summed E-state index contributed by atoms with van der Waals surface area (Å²) in [6.07, 6.45) is 9.51. The molecular formula is C22H24N4O2. The summed E-state index contributed by atoms with van der Waals surface area (Å²) < 4.78 is 8.08. The number of nitrogens with one attached hydrogen (secondary N) is 1. The van der Waals surface area contributed by atoms with Crippen molar-refractivity contribution >= 4 is 11.7 Å². The molecule has 0 saturated carbocycles. The van der Waals surface area contributed by atoms with Gasteiger partial charge in [-0.2, -0.15) is 0 Å². The number of aryl methyl sites for hydroxylation is 1. The third-order valence-electron chi connectivity index (χ3n) is 5.09. The molecule has 0 aliphatic carbocycles. The van der Waals surface area contributed by atoms with Crippen LogP contribution in [0.2, 0.25) is 0 Å². The summed E-state index contributed by atoms with van der Waals surface area (Å²) in [6.45, 7) is 3.48. The first-order valence-electron chi connectivity index (χ1n) is 9.56. The van der Waals surface area contributed by atoms with Crippen LogP contribution in [0.3, 0.4) is 0 Å². The number of benzene rings is 1. The Bertz CT molecular complexity index is 917. The molecular weight excluding hydrogens is 352 g/mol. The van der Waals surface area contributed by atoms with Crippen LogP contribution in [0.15, 0.2) is 67.3 Å². The van der Waals surface area contributed by atoms with E-state index in [1.54, 1.807) is 12.4 Å². The molecule has 0 radical (unpaired) electrons. The first-order valence-corrected chi connectivity index (χ1v) is 9.56. The van der Waals surface area contributed by atoms with Gasteiger partial charge in [-0.15, -0.1) is 0 Å². The second kappa shape index (κ2) is 8.17. The van der Waals surface area contributed by atoms with Gasteiger partial charge in [-0.05, 0) is 67.8 Å². The minimum Gasteiger partial charge on any atom is -0.455 e. The van der Waals surface area contributed by atoms with Crippen molar-refractivity contribution < 1.29 is 9.53 Å². The van der Waals surface area contributed by atoms with Gasteiger partial charge in [0.2, 0.25) is 0 Å². The normalized spacial score (nSPS) is 14.7. The van der Waals surface area contributed by atoms with Crippen molar-refractivity contribution in [2.45, 2.75) is 25.8 Å². The fraction of sp³-hybridized carbons (Fsp3) is 0.273. The van der Waals surface area contributed by atoms with E-state index in [-0.39, 0.29) is 6.03 Å². The number of nitrogens with zero attached hydrogens (tertiary/aromatic N) is 3. The lowest BCUT2D eigenvalue weighted by molar-refractivity contribution is 0.184. The predicted molar refractivity (Wildman–Crippen MR) is 109 cm³/mol.